The summed E-state index contributed by atoms with van der Waals surface area (Å²) in [6.07, 6.45) is 5.86. The van der Waals surface area contributed by atoms with Gasteiger partial charge in [0.2, 0.25) is 0 Å². The Balaban J connectivity index is 0.00000162. The number of aromatic nitrogens is 2. The van der Waals surface area contributed by atoms with Gasteiger partial charge in [-0.1, -0.05) is 0 Å². The minimum atomic E-state index is 0. The van der Waals surface area contributed by atoms with Gasteiger partial charge in [-0.25, -0.2) is 0 Å². The van der Waals surface area contributed by atoms with E-state index in [4.69, 9.17) is 10.5 Å². The van der Waals surface area contributed by atoms with Crippen LogP contribution in [0.1, 0.15) is 5.69 Å². The van der Waals surface area contributed by atoms with Crippen LogP contribution in [0.15, 0.2) is 23.6 Å². The molecule has 0 aromatic carbocycles. The lowest BCUT2D eigenvalue weighted by molar-refractivity contribution is 0.0674. The number of nitrogens with zero attached hydrogens (tertiary/aromatic N) is 4. The van der Waals surface area contributed by atoms with Gasteiger partial charge in [0.25, 0.3) is 0 Å². The topological polar surface area (TPSA) is 76.6 Å². The zero-order valence-corrected chi connectivity index (χ0v) is 12.5. The third-order valence-electron chi connectivity index (χ3n) is 2.59. The first kappa shape index (κ1) is 15.1. The van der Waals surface area contributed by atoms with Crippen LogP contribution in [0.5, 0.6) is 0 Å². The number of hydrogen-bond acceptors (Lipinski definition) is 4. The Labute approximate surface area is 124 Å². The van der Waals surface area contributed by atoms with Crippen LogP contribution in [0.25, 0.3) is 0 Å². The van der Waals surface area contributed by atoms with Crippen molar-refractivity contribution < 1.29 is 4.74 Å². The highest BCUT2D eigenvalue weighted by atomic mass is 127. The van der Waals surface area contributed by atoms with Gasteiger partial charge in [0.15, 0.2) is 5.96 Å². The summed E-state index contributed by atoms with van der Waals surface area (Å²) in [5, 5.41) is 0. The van der Waals surface area contributed by atoms with Crippen molar-refractivity contribution in [2.75, 3.05) is 32.8 Å². The number of nitrogens with two attached hydrogens (primary N) is 1. The molecule has 1 aromatic rings. The van der Waals surface area contributed by atoms with E-state index in [1.165, 1.54) is 0 Å². The van der Waals surface area contributed by atoms with Crippen LogP contribution < -0.4 is 5.73 Å². The Kier molecular flexibility index (Phi) is 6.88. The van der Waals surface area contributed by atoms with Crippen molar-refractivity contribution in [2.45, 2.75) is 6.42 Å². The van der Waals surface area contributed by atoms with Gasteiger partial charge in [-0.05, 0) is 0 Å². The maximum atomic E-state index is 5.90. The van der Waals surface area contributed by atoms with Crippen LogP contribution in [0.2, 0.25) is 0 Å². The van der Waals surface area contributed by atoms with E-state index in [2.05, 4.69) is 15.0 Å². The largest absolute Gasteiger partial charge is 0.378 e. The molecule has 2 N–H and O–H groups in total. The van der Waals surface area contributed by atoms with E-state index in [1.807, 2.05) is 4.90 Å². The number of guanidine groups is 1. The molecule has 2 rings (SSSR count). The minimum absolute atomic E-state index is 0. The molecule has 2 heterocycles. The number of rotatable bonds is 3. The van der Waals surface area contributed by atoms with E-state index in [9.17, 15) is 0 Å². The molecule has 0 spiro atoms. The predicted octanol–water partition coefficient (Wildman–Crippen LogP) is 0.284. The molecule has 0 amide bonds. The zero-order valence-electron chi connectivity index (χ0n) is 10.2. The summed E-state index contributed by atoms with van der Waals surface area (Å²) in [7, 11) is 0. The van der Waals surface area contributed by atoms with Crippen molar-refractivity contribution in [2.24, 2.45) is 10.7 Å². The van der Waals surface area contributed by atoms with Gasteiger partial charge >= 0.3 is 0 Å². The summed E-state index contributed by atoms with van der Waals surface area (Å²) in [5.41, 5.74) is 6.83. The van der Waals surface area contributed by atoms with Crippen molar-refractivity contribution in [3.05, 3.63) is 24.3 Å². The lowest BCUT2D eigenvalue weighted by Crippen LogP contribution is -2.44. The highest BCUT2D eigenvalue weighted by Gasteiger charge is 2.11. The monoisotopic (exact) mass is 363 g/mol. The summed E-state index contributed by atoms with van der Waals surface area (Å²) in [4.78, 5) is 14.6. The quantitative estimate of drug-likeness (QED) is 0.475. The Bertz CT molecular complexity index is 367. The normalized spacial score (nSPS) is 16.2. The smallest absolute Gasteiger partial charge is 0.191 e. The summed E-state index contributed by atoms with van der Waals surface area (Å²) in [6, 6.07) is 0. The molecular formula is C11H18IN5O. The average Bonchev–Trinajstić information content (AvgIpc) is 2.41. The fourth-order valence-electron chi connectivity index (χ4n) is 1.64. The van der Waals surface area contributed by atoms with Crippen LogP contribution in [-0.4, -0.2) is 53.7 Å². The molecule has 100 valence electrons. The van der Waals surface area contributed by atoms with Crippen LogP contribution in [-0.2, 0) is 11.2 Å². The number of morpholine rings is 1. The molecule has 1 aromatic heterocycles. The molecule has 0 radical (unpaired) electrons. The molecule has 0 atom stereocenters. The molecule has 0 saturated carbocycles. The van der Waals surface area contributed by atoms with Gasteiger partial charge in [0.1, 0.15) is 0 Å². The van der Waals surface area contributed by atoms with Crippen molar-refractivity contribution in [3.8, 4) is 0 Å². The third-order valence-corrected chi connectivity index (χ3v) is 2.59. The molecule has 1 aliphatic heterocycles. The molecule has 1 aliphatic rings. The van der Waals surface area contributed by atoms with E-state index in [1.54, 1.807) is 18.6 Å². The van der Waals surface area contributed by atoms with Gasteiger partial charge < -0.3 is 15.4 Å². The highest BCUT2D eigenvalue weighted by Crippen LogP contribution is 1.97. The molecule has 1 saturated heterocycles. The molecule has 0 unspecified atom stereocenters. The fourth-order valence-corrected chi connectivity index (χ4v) is 1.64. The molecule has 0 aliphatic carbocycles. The number of halogens is 1. The first-order valence-electron chi connectivity index (χ1n) is 5.74. The van der Waals surface area contributed by atoms with E-state index in [0.717, 1.165) is 38.4 Å². The first-order chi connectivity index (χ1) is 8.36. The Morgan fingerprint density at radius 2 is 2.17 bits per heavy atom. The van der Waals surface area contributed by atoms with Crippen LogP contribution in [0.3, 0.4) is 0 Å². The van der Waals surface area contributed by atoms with Crippen LogP contribution >= 0.6 is 24.0 Å². The van der Waals surface area contributed by atoms with Crippen molar-refractivity contribution in [3.63, 3.8) is 0 Å². The van der Waals surface area contributed by atoms with Crippen molar-refractivity contribution >= 4 is 29.9 Å². The van der Waals surface area contributed by atoms with E-state index < -0.39 is 0 Å². The molecule has 6 nitrogen and oxygen atoms in total. The average molecular weight is 363 g/mol. The van der Waals surface area contributed by atoms with Gasteiger partial charge in [0.05, 0.1) is 18.9 Å². The van der Waals surface area contributed by atoms with Crippen LogP contribution in [0.4, 0.5) is 0 Å². The van der Waals surface area contributed by atoms with Gasteiger partial charge in [-0.3, -0.25) is 15.0 Å². The Morgan fingerprint density at radius 1 is 1.39 bits per heavy atom. The molecule has 0 bridgehead atoms. The first-order valence-corrected chi connectivity index (χ1v) is 5.74. The fraction of sp³-hybridized carbons (Fsp3) is 0.545. The summed E-state index contributed by atoms with van der Waals surface area (Å²) >= 11 is 0. The maximum Gasteiger partial charge on any atom is 0.191 e. The SMILES string of the molecule is I.NC(=NCCc1cnccn1)N1CCOCC1. The Morgan fingerprint density at radius 3 is 2.83 bits per heavy atom. The molecular weight excluding hydrogens is 345 g/mol. The standard InChI is InChI=1S/C11H17N5O.HI/c12-11(16-5-7-17-8-6-16)15-2-1-10-9-13-3-4-14-10;/h3-4,9H,1-2,5-8H2,(H2,12,15);1H. The number of aliphatic imine (C=N–C) groups is 1. The van der Waals surface area contributed by atoms with Gasteiger partial charge in [0, 0.05) is 44.6 Å². The molecule has 1 fully saturated rings. The lowest BCUT2D eigenvalue weighted by atomic mass is 10.3. The second-order valence-corrected chi connectivity index (χ2v) is 3.79. The van der Waals surface area contributed by atoms with E-state index >= 15 is 0 Å². The summed E-state index contributed by atoms with van der Waals surface area (Å²) in [6.45, 7) is 3.73. The van der Waals surface area contributed by atoms with E-state index in [-0.39, 0.29) is 24.0 Å². The third kappa shape index (κ3) is 4.73. The minimum Gasteiger partial charge on any atom is -0.378 e. The molecule has 7 heteroatoms. The summed E-state index contributed by atoms with van der Waals surface area (Å²) < 4.78 is 5.25. The van der Waals surface area contributed by atoms with Gasteiger partial charge in [-0.15, -0.1) is 24.0 Å². The second-order valence-electron chi connectivity index (χ2n) is 3.79. The highest BCUT2D eigenvalue weighted by molar-refractivity contribution is 14.0. The Hall–Kier alpha value is -0.960. The maximum absolute atomic E-state index is 5.90. The zero-order chi connectivity index (χ0) is 11.9. The predicted molar refractivity (Wildman–Crippen MR) is 80.0 cm³/mol. The second kappa shape index (κ2) is 8.20. The van der Waals surface area contributed by atoms with Crippen molar-refractivity contribution in [1.82, 2.24) is 14.9 Å². The number of hydrogen-bond donors (Lipinski definition) is 1. The van der Waals surface area contributed by atoms with Gasteiger partial charge in [-0.2, -0.15) is 0 Å². The van der Waals surface area contributed by atoms with Crippen LogP contribution in [0, 0.1) is 0 Å². The molecule has 18 heavy (non-hydrogen) atoms. The summed E-state index contributed by atoms with van der Waals surface area (Å²) in [5.74, 6) is 0.595. The lowest BCUT2D eigenvalue weighted by Gasteiger charge is -2.27. The van der Waals surface area contributed by atoms with E-state index in [0.29, 0.717) is 12.5 Å². The number of ether oxygens (including phenoxy) is 1. The van der Waals surface area contributed by atoms with Crippen molar-refractivity contribution in [1.29, 1.82) is 0 Å².